The lowest BCUT2D eigenvalue weighted by Gasteiger charge is -2.03. The Morgan fingerprint density at radius 1 is 1.21 bits per heavy atom. The lowest BCUT2D eigenvalue weighted by atomic mass is 10.2. The van der Waals surface area contributed by atoms with Crippen molar-refractivity contribution in [1.82, 2.24) is 0 Å². The van der Waals surface area contributed by atoms with Crippen molar-refractivity contribution in [2.24, 2.45) is 4.99 Å². The molecule has 3 nitrogen and oxygen atoms in total. The van der Waals surface area contributed by atoms with Crippen LogP contribution in [-0.4, -0.2) is 26.7 Å². The highest BCUT2D eigenvalue weighted by atomic mass is 16.5. The van der Waals surface area contributed by atoms with Crippen molar-refractivity contribution < 1.29 is 9.47 Å². The fraction of sp³-hybridized carbons (Fsp3) is 0.364. The second kappa shape index (κ2) is 6.16. The molecule has 0 heterocycles. The van der Waals surface area contributed by atoms with Crippen LogP contribution in [0.4, 0.5) is 0 Å². The number of aliphatic imine (C=N–C) groups is 1. The molecule has 0 saturated carbocycles. The first-order chi connectivity index (χ1) is 6.86. The summed E-state index contributed by atoms with van der Waals surface area (Å²) in [6.07, 6.45) is 0. The van der Waals surface area contributed by atoms with Crippen LogP contribution in [0.15, 0.2) is 35.3 Å². The van der Waals surface area contributed by atoms with E-state index in [2.05, 4.69) is 4.99 Å². The van der Waals surface area contributed by atoms with E-state index in [9.17, 15) is 0 Å². The van der Waals surface area contributed by atoms with Gasteiger partial charge in [0, 0.05) is 7.11 Å². The Bertz CT molecular complexity index is 283. The van der Waals surface area contributed by atoms with Crippen LogP contribution in [0.5, 0.6) is 0 Å². The maximum Gasteiger partial charge on any atom is 0.210 e. The zero-order valence-electron chi connectivity index (χ0n) is 8.56. The third-order valence-electron chi connectivity index (χ3n) is 1.78. The zero-order chi connectivity index (χ0) is 10.2. The fourth-order valence-electron chi connectivity index (χ4n) is 1.06. The van der Waals surface area contributed by atoms with Gasteiger partial charge in [-0.05, 0) is 5.56 Å². The average Bonchev–Trinajstić information content (AvgIpc) is 2.25. The second-order valence-corrected chi connectivity index (χ2v) is 2.83. The fourth-order valence-corrected chi connectivity index (χ4v) is 1.06. The Balaban J connectivity index is 2.52. The Morgan fingerprint density at radius 2 is 1.93 bits per heavy atom. The van der Waals surface area contributed by atoms with Crippen LogP contribution in [0, 0.1) is 0 Å². The zero-order valence-corrected chi connectivity index (χ0v) is 8.56. The second-order valence-electron chi connectivity index (χ2n) is 2.83. The van der Waals surface area contributed by atoms with Crippen molar-refractivity contribution >= 4 is 5.90 Å². The van der Waals surface area contributed by atoms with E-state index < -0.39 is 0 Å². The summed E-state index contributed by atoms with van der Waals surface area (Å²) in [6, 6.07) is 10.0. The van der Waals surface area contributed by atoms with Gasteiger partial charge in [0.1, 0.15) is 6.61 Å². The van der Waals surface area contributed by atoms with Gasteiger partial charge in [-0.15, -0.1) is 0 Å². The smallest absolute Gasteiger partial charge is 0.210 e. The van der Waals surface area contributed by atoms with Crippen LogP contribution >= 0.6 is 0 Å². The molecule has 3 heteroatoms. The van der Waals surface area contributed by atoms with E-state index in [0.717, 1.165) is 5.56 Å². The number of hydrogen-bond acceptors (Lipinski definition) is 3. The Morgan fingerprint density at radius 3 is 2.50 bits per heavy atom. The van der Waals surface area contributed by atoms with Gasteiger partial charge in [-0.25, -0.2) is 4.99 Å². The highest BCUT2D eigenvalue weighted by molar-refractivity contribution is 5.77. The number of methoxy groups -OCH3 is 2. The first-order valence-electron chi connectivity index (χ1n) is 4.47. The molecule has 14 heavy (non-hydrogen) atoms. The Labute approximate surface area is 84.4 Å². The summed E-state index contributed by atoms with van der Waals surface area (Å²) in [5.74, 6) is 0.622. The van der Waals surface area contributed by atoms with E-state index in [4.69, 9.17) is 9.47 Å². The molecule has 1 aromatic rings. The van der Waals surface area contributed by atoms with Crippen molar-refractivity contribution in [3.05, 3.63) is 35.9 Å². The minimum atomic E-state index is 0.420. The molecule has 0 spiro atoms. The van der Waals surface area contributed by atoms with E-state index in [1.807, 2.05) is 30.3 Å². The number of ether oxygens (including phenoxy) is 2. The third-order valence-corrected chi connectivity index (χ3v) is 1.78. The van der Waals surface area contributed by atoms with Crippen LogP contribution in [0.3, 0.4) is 0 Å². The molecule has 0 aliphatic carbocycles. The first kappa shape index (κ1) is 10.7. The van der Waals surface area contributed by atoms with Crippen molar-refractivity contribution in [1.29, 1.82) is 0 Å². The molecule has 0 aliphatic heterocycles. The quantitative estimate of drug-likeness (QED) is 0.540. The Kier molecular flexibility index (Phi) is 4.72. The van der Waals surface area contributed by atoms with Crippen molar-refractivity contribution in [3.8, 4) is 0 Å². The molecule has 0 fully saturated rings. The van der Waals surface area contributed by atoms with E-state index in [1.165, 1.54) is 0 Å². The molecule has 0 amide bonds. The van der Waals surface area contributed by atoms with Crippen LogP contribution in [0.25, 0.3) is 0 Å². The van der Waals surface area contributed by atoms with Gasteiger partial charge in [-0.1, -0.05) is 30.3 Å². The number of rotatable bonds is 4. The molecule has 0 aromatic heterocycles. The van der Waals surface area contributed by atoms with E-state index >= 15 is 0 Å². The third kappa shape index (κ3) is 3.58. The SMILES string of the molecule is COCC(=NCc1ccccc1)OC. The lowest BCUT2D eigenvalue weighted by Crippen LogP contribution is -2.09. The highest BCUT2D eigenvalue weighted by Crippen LogP contribution is 2.00. The van der Waals surface area contributed by atoms with Gasteiger partial charge in [0.05, 0.1) is 13.7 Å². The van der Waals surface area contributed by atoms with Crippen LogP contribution in [0.2, 0.25) is 0 Å². The van der Waals surface area contributed by atoms with Crippen LogP contribution < -0.4 is 0 Å². The van der Waals surface area contributed by atoms with Gasteiger partial charge in [-0.3, -0.25) is 0 Å². The van der Waals surface area contributed by atoms with Gasteiger partial charge in [0.2, 0.25) is 5.90 Å². The summed E-state index contributed by atoms with van der Waals surface area (Å²) < 4.78 is 9.96. The van der Waals surface area contributed by atoms with Gasteiger partial charge < -0.3 is 9.47 Å². The van der Waals surface area contributed by atoms with Gasteiger partial charge in [0.15, 0.2) is 0 Å². The van der Waals surface area contributed by atoms with E-state index in [-0.39, 0.29) is 0 Å². The average molecular weight is 193 g/mol. The summed E-state index contributed by atoms with van der Waals surface area (Å²) >= 11 is 0. The highest BCUT2D eigenvalue weighted by Gasteiger charge is 1.96. The first-order valence-corrected chi connectivity index (χ1v) is 4.47. The van der Waals surface area contributed by atoms with Crippen molar-refractivity contribution in [2.45, 2.75) is 6.54 Å². The monoisotopic (exact) mass is 193 g/mol. The van der Waals surface area contributed by atoms with Crippen LogP contribution in [0.1, 0.15) is 5.56 Å². The number of nitrogens with zero attached hydrogens (tertiary/aromatic N) is 1. The lowest BCUT2D eigenvalue weighted by molar-refractivity contribution is 0.218. The molecule has 1 rings (SSSR count). The molecule has 0 atom stereocenters. The maximum absolute atomic E-state index is 5.04. The normalized spacial score (nSPS) is 11.4. The summed E-state index contributed by atoms with van der Waals surface area (Å²) in [5.41, 5.74) is 1.16. The molecule has 1 aromatic carbocycles. The van der Waals surface area contributed by atoms with Gasteiger partial charge in [0.25, 0.3) is 0 Å². The van der Waals surface area contributed by atoms with Crippen LogP contribution in [-0.2, 0) is 16.0 Å². The van der Waals surface area contributed by atoms with Crippen molar-refractivity contribution in [2.75, 3.05) is 20.8 Å². The van der Waals surface area contributed by atoms with E-state index in [1.54, 1.807) is 14.2 Å². The molecular weight excluding hydrogens is 178 g/mol. The van der Waals surface area contributed by atoms with Gasteiger partial charge >= 0.3 is 0 Å². The standard InChI is InChI=1S/C11H15NO2/c1-13-9-11(14-2)12-8-10-6-4-3-5-7-10/h3-7H,8-9H2,1-2H3. The molecule has 0 saturated heterocycles. The summed E-state index contributed by atoms with van der Waals surface area (Å²) in [5, 5.41) is 0. The summed E-state index contributed by atoms with van der Waals surface area (Å²) in [7, 11) is 3.22. The number of hydrogen-bond donors (Lipinski definition) is 0. The molecule has 0 radical (unpaired) electrons. The van der Waals surface area contributed by atoms with E-state index in [0.29, 0.717) is 19.0 Å². The topological polar surface area (TPSA) is 30.8 Å². The minimum Gasteiger partial charge on any atom is -0.483 e. The largest absolute Gasteiger partial charge is 0.483 e. The maximum atomic E-state index is 5.04. The summed E-state index contributed by atoms with van der Waals surface area (Å²) in [6.45, 7) is 1.05. The molecule has 0 aliphatic rings. The molecular formula is C11H15NO2. The Hall–Kier alpha value is -1.35. The minimum absolute atomic E-state index is 0.420. The molecule has 0 N–H and O–H groups in total. The van der Waals surface area contributed by atoms with Crippen molar-refractivity contribution in [3.63, 3.8) is 0 Å². The molecule has 0 unspecified atom stereocenters. The van der Waals surface area contributed by atoms with Gasteiger partial charge in [-0.2, -0.15) is 0 Å². The number of benzene rings is 1. The molecule has 76 valence electrons. The predicted molar refractivity (Wildman–Crippen MR) is 56.5 cm³/mol. The summed E-state index contributed by atoms with van der Waals surface area (Å²) in [4.78, 5) is 4.27. The predicted octanol–water partition coefficient (Wildman–Crippen LogP) is 1.88. The molecule has 0 bridgehead atoms.